The molecule has 1 heterocycles. The quantitative estimate of drug-likeness (QED) is 0.682. The maximum absolute atomic E-state index is 10.9. The van der Waals surface area contributed by atoms with Gasteiger partial charge in [0.05, 0.1) is 19.1 Å². The molecule has 94 valence electrons. The highest BCUT2D eigenvalue weighted by molar-refractivity contribution is 9.10. The van der Waals surface area contributed by atoms with Crippen molar-refractivity contribution >= 4 is 45.0 Å². The molecule has 1 aromatic carbocycles. The third kappa shape index (κ3) is 3.33. The summed E-state index contributed by atoms with van der Waals surface area (Å²) in [5.41, 5.74) is 0.811. The van der Waals surface area contributed by atoms with Gasteiger partial charge in [-0.15, -0.1) is 5.10 Å². The van der Waals surface area contributed by atoms with E-state index in [2.05, 4.69) is 31.4 Å². The van der Waals surface area contributed by atoms with Crippen molar-refractivity contribution in [2.75, 3.05) is 12.9 Å². The fraction of sp³-hybridized carbons (Fsp3) is 0.182. The minimum Gasteiger partial charge on any atom is -0.496 e. The first-order valence-corrected chi connectivity index (χ1v) is 6.84. The monoisotopic (exact) mass is 327 g/mol. The van der Waals surface area contributed by atoms with Gasteiger partial charge in [0.2, 0.25) is 5.91 Å². The number of thioether (sulfide) groups is 1. The molecule has 1 amide bonds. The van der Waals surface area contributed by atoms with Crippen LogP contribution >= 0.6 is 27.7 Å². The van der Waals surface area contributed by atoms with Crippen molar-refractivity contribution in [2.24, 2.45) is 10.2 Å². The van der Waals surface area contributed by atoms with Crippen molar-refractivity contribution in [1.29, 1.82) is 0 Å². The number of hydrogen-bond acceptors (Lipinski definition) is 5. The van der Waals surface area contributed by atoms with E-state index >= 15 is 0 Å². The Bertz CT molecular complexity index is 531. The molecule has 0 spiro atoms. The summed E-state index contributed by atoms with van der Waals surface area (Å²) in [6.07, 6.45) is 1.58. The topological polar surface area (TPSA) is 63.1 Å². The summed E-state index contributed by atoms with van der Waals surface area (Å²) in [4.78, 5) is 10.9. The Morgan fingerprint density at radius 3 is 3.06 bits per heavy atom. The van der Waals surface area contributed by atoms with Crippen LogP contribution in [0.4, 0.5) is 0 Å². The number of amides is 1. The zero-order valence-corrected chi connectivity index (χ0v) is 11.9. The second-order valence-corrected chi connectivity index (χ2v) is 5.25. The minimum atomic E-state index is -0.0472. The van der Waals surface area contributed by atoms with Gasteiger partial charge in [-0.25, -0.2) is 0 Å². The molecule has 7 heteroatoms. The van der Waals surface area contributed by atoms with Gasteiger partial charge in [0.15, 0.2) is 5.17 Å². The molecule has 0 aromatic heterocycles. The van der Waals surface area contributed by atoms with Gasteiger partial charge in [0.25, 0.3) is 0 Å². The summed E-state index contributed by atoms with van der Waals surface area (Å²) in [6, 6.07) is 5.60. The first-order chi connectivity index (χ1) is 8.69. The van der Waals surface area contributed by atoms with E-state index in [1.165, 1.54) is 11.8 Å². The number of halogens is 1. The molecule has 0 atom stereocenters. The number of nitrogens with one attached hydrogen (secondary N) is 1. The summed E-state index contributed by atoms with van der Waals surface area (Å²) in [6.45, 7) is 0. The number of amidine groups is 1. The van der Waals surface area contributed by atoms with Crippen LogP contribution in [-0.2, 0) is 4.79 Å². The summed E-state index contributed by atoms with van der Waals surface area (Å²) in [7, 11) is 1.60. The van der Waals surface area contributed by atoms with E-state index in [1.807, 2.05) is 18.2 Å². The molecule has 1 aliphatic rings. The van der Waals surface area contributed by atoms with Gasteiger partial charge in [-0.2, -0.15) is 5.10 Å². The van der Waals surface area contributed by atoms with Crippen molar-refractivity contribution in [3.05, 3.63) is 28.2 Å². The normalized spacial score (nSPS) is 17.4. The van der Waals surface area contributed by atoms with Gasteiger partial charge in [0.1, 0.15) is 5.75 Å². The van der Waals surface area contributed by atoms with E-state index in [0.29, 0.717) is 16.7 Å². The van der Waals surface area contributed by atoms with Crippen molar-refractivity contribution in [3.63, 3.8) is 0 Å². The highest BCUT2D eigenvalue weighted by atomic mass is 79.9. The number of benzene rings is 1. The lowest BCUT2D eigenvalue weighted by molar-refractivity contribution is -0.116. The molecule has 0 aliphatic carbocycles. The van der Waals surface area contributed by atoms with Crippen molar-refractivity contribution < 1.29 is 9.53 Å². The first-order valence-electron chi connectivity index (χ1n) is 5.06. The molecular weight excluding hydrogens is 318 g/mol. The molecule has 0 radical (unpaired) electrons. The van der Waals surface area contributed by atoms with Crippen LogP contribution in [0, 0.1) is 0 Å². The Labute approximate surface area is 117 Å². The molecule has 1 fully saturated rings. The highest BCUT2D eigenvalue weighted by Gasteiger charge is 2.15. The van der Waals surface area contributed by atoms with Crippen LogP contribution in [0.2, 0.25) is 0 Å². The van der Waals surface area contributed by atoms with E-state index in [4.69, 9.17) is 4.74 Å². The van der Waals surface area contributed by atoms with E-state index in [0.717, 1.165) is 10.0 Å². The van der Waals surface area contributed by atoms with Crippen LogP contribution < -0.4 is 10.1 Å². The summed E-state index contributed by atoms with van der Waals surface area (Å²) >= 11 is 4.71. The molecule has 1 aromatic rings. The van der Waals surface area contributed by atoms with Crippen LogP contribution in [-0.4, -0.2) is 30.2 Å². The Balaban J connectivity index is 2.13. The van der Waals surface area contributed by atoms with Gasteiger partial charge in [-0.05, 0) is 18.2 Å². The average Bonchev–Trinajstić information content (AvgIpc) is 2.75. The minimum absolute atomic E-state index is 0.0472. The molecule has 0 saturated carbocycles. The van der Waals surface area contributed by atoms with Crippen LogP contribution in [0.1, 0.15) is 5.56 Å². The van der Waals surface area contributed by atoms with Gasteiger partial charge in [0, 0.05) is 10.0 Å². The predicted molar refractivity (Wildman–Crippen MR) is 76.3 cm³/mol. The summed E-state index contributed by atoms with van der Waals surface area (Å²) < 4.78 is 6.14. The van der Waals surface area contributed by atoms with Gasteiger partial charge < -0.3 is 10.1 Å². The average molecular weight is 328 g/mol. The van der Waals surface area contributed by atoms with Crippen LogP contribution in [0.15, 0.2) is 32.9 Å². The van der Waals surface area contributed by atoms with Crippen molar-refractivity contribution in [1.82, 2.24) is 5.32 Å². The van der Waals surface area contributed by atoms with Crippen LogP contribution in [0.25, 0.3) is 0 Å². The second kappa shape index (κ2) is 6.01. The van der Waals surface area contributed by atoms with Crippen LogP contribution in [0.5, 0.6) is 5.75 Å². The number of ether oxygens (including phenoxy) is 1. The third-order valence-corrected chi connectivity index (χ3v) is 3.48. The molecule has 1 N–H and O–H groups in total. The molecule has 0 unspecified atom stereocenters. The number of carbonyl (C=O) groups is 1. The second-order valence-electron chi connectivity index (χ2n) is 3.37. The van der Waals surface area contributed by atoms with Crippen LogP contribution in [0.3, 0.4) is 0 Å². The number of rotatable bonds is 3. The fourth-order valence-corrected chi connectivity index (χ4v) is 2.34. The van der Waals surface area contributed by atoms with Crippen molar-refractivity contribution in [3.8, 4) is 5.75 Å². The van der Waals surface area contributed by atoms with E-state index < -0.39 is 0 Å². The predicted octanol–water partition coefficient (Wildman–Crippen LogP) is 2.01. The zero-order valence-electron chi connectivity index (χ0n) is 9.51. The van der Waals surface area contributed by atoms with Gasteiger partial charge >= 0.3 is 0 Å². The maximum atomic E-state index is 10.9. The molecule has 1 saturated heterocycles. The Kier molecular flexibility index (Phi) is 4.38. The molecule has 0 bridgehead atoms. The summed E-state index contributed by atoms with van der Waals surface area (Å²) in [5, 5.41) is 11.0. The summed E-state index contributed by atoms with van der Waals surface area (Å²) in [5.74, 6) is 1.06. The number of nitrogens with zero attached hydrogens (tertiary/aromatic N) is 2. The highest BCUT2D eigenvalue weighted by Crippen LogP contribution is 2.21. The maximum Gasteiger partial charge on any atom is 0.236 e. The Morgan fingerprint density at radius 2 is 2.39 bits per heavy atom. The lowest BCUT2D eigenvalue weighted by Gasteiger charge is -2.03. The molecule has 5 nitrogen and oxygen atoms in total. The standard InChI is InChI=1S/C11H10BrN3O2S/c1-17-9-3-2-8(12)4-7(9)5-13-15-11-14-10(16)6-18-11/h2-5H,6H2,1H3,(H,14,15,16)/b13-5+. The van der Waals surface area contributed by atoms with E-state index in [-0.39, 0.29) is 5.91 Å². The third-order valence-electron chi connectivity index (χ3n) is 2.12. The van der Waals surface area contributed by atoms with E-state index in [9.17, 15) is 4.79 Å². The SMILES string of the molecule is COc1ccc(Br)cc1/C=N/N=C1/NC(=O)CS1. The lowest BCUT2D eigenvalue weighted by atomic mass is 10.2. The number of methoxy groups -OCH3 is 1. The molecule has 2 rings (SSSR count). The largest absolute Gasteiger partial charge is 0.496 e. The van der Waals surface area contributed by atoms with Gasteiger partial charge in [-0.3, -0.25) is 4.79 Å². The van der Waals surface area contributed by atoms with Crippen molar-refractivity contribution in [2.45, 2.75) is 0 Å². The zero-order chi connectivity index (χ0) is 13.0. The Hall–Kier alpha value is -1.34. The van der Waals surface area contributed by atoms with E-state index in [1.54, 1.807) is 13.3 Å². The lowest BCUT2D eigenvalue weighted by Crippen LogP contribution is -2.19. The molecular formula is C11H10BrN3O2S. The number of carbonyl (C=O) groups excluding carboxylic acids is 1. The smallest absolute Gasteiger partial charge is 0.236 e. The Morgan fingerprint density at radius 1 is 1.56 bits per heavy atom. The molecule has 18 heavy (non-hydrogen) atoms. The van der Waals surface area contributed by atoms with Gasteiger partial charge in [-0.1, -0.05) is 27.7 Å². The molecule has 1 aliphatic heterocycles. The number of hydrogen-bond donors (Lipinski definition) is 1. The first kappa shape index (κ1) is 13.1. The fourth-order valence-electron chi connectivity index (χ4n) is 1.33.